The molecule has 0 radical (unpaired) electrons. The lowest BCUT2D eigenvalue weighted by molar-refractivity contribution is -0.126. The van der Waals surface area contributed by atoms with Crippen LogP contribution in [0.1, 0.15) is 35.4 Å². The second kappa shape index (κ2) is 5.83. The van der Waals surface area contributed by atoms with E-state index in [-0.39, 0.29) is 11.8 Å². The molecular weight excluding hydrogens is 280 g/mol. The fourth-order valence-electron chi connectivity index (χ4n) is 2.61. The molecule has 1 aliphatic rings. The zero-order chi connectivity index (χ0) is 14.9. The van der Waals surface area contributed by atoms with E-state index in [2.05, 4.69) is 10.4 Å². The molecule has 7 heteroatoms. The van der Waals surface area contributed by atoms with Crippen molar-refractivity contribution in [3.05, 3.63) is 16.4 Å². The van der Waals surface area contributed by atoms with Crippen molar-refractivity contribution < 1.29 is 9.59 Å². The predicted molar refractivity (Wildman–Crippen MR) is 75.7 cm³/mol. The van der Waals surface area contributed by atoms with Crippen molar-refractivity contribution in [3.8, 4) is 0 Å². The molecule has 2 amide bonds. The SMILES string of the molecule is CNC(=O)[C@@H]1CCCCN1C(=O)c1c(Cl)c(C)nn1C. The van der Waals surface area contributed by atoms with Crippen molar-refractivity contribution in [2.24, 2.45) is 7.05 Å². The zero-order valence-corrected chi connectivity index (χ0v) is 12.7. The third-order valence-corrected chi connectivity index (χ3v) is 4.12. The van der Waals surface area contributed by atoms with Crippen molar-refractivity contribution >= 4 is 23.4 Å². The Morgan fingerprint density at radius 3 is 2.65 bits per heavy atom. The topological polar surface area (TPSA) is 67.2 Å². The molecular formula is C13H19ClN4O2. The van der Waals surface area contributed by atoms with Crippen LogP contribution in [0.5, 0.6) is 0 Å². The number of carbonyl (C=O) groups is 2. The van der Waals surface area contributed by atoms with Crippen molar-refractivity contribution in [1.29, 1.82) is 0 Å². The number of aryl methyl sites for hydroxylation is 2. The number of nitrogens with zero attached hydrogens (tertiary/aromatic N) is 3. The van der Waals surface area contributed by atoms with Gasteiger partial charge in [-0.1, -0.05) is 11.6 Å². The Kier molecular flexibility index (Phi) is 4.32. The minimum Gasteiger partial charge on any atom is -0.357 e. The van der Waals surface area contributed by atoms with Crippen molar-refractivity contribution in [2.45, 2.75) is 32.2 Å². The average molecular weight is 299 g/mol. The maximum Gasteiger partial charge on any atom is 0.274 e. The van der Waals surface area contributed by atoms with Crippen LogP contribution in [0.15, 0.2) is 0 Å². The lowest BCUT2D eigenvalue weighted by Crippen LogP contribution is -2.51. The molecule has 6 nitrogen and oxygen atoms in total. The van der Waals surface area contributed by atoms with Crippen LogP contribution in [0.2, 0.25) is 5.02 Å². The van der Waals surface area contributed by atoms with Crippen LogP contribution in [0.4, 0.5) is 0 Å². The molecule has 0 aromatic carbocycles. The Bertz CT molecular complexity index is 541. The number of hydrogen-bond donors (Lipinski definition) is 1. The minimum absolute atomic E-state index is 0.131. The molecule has 0 saturated carbocycles. The predicted octanol–water partition coefficient (Wildman–Crippen LogP) is 1.12. The van der Waals surface area contributed by atoms with E-state index in [0.717, 1.165) is 12.8 Å². The molecule has 110 valence electrons. The highest BCUT2D eigenvalue weighted by Gasteiger charge is 2.34. The minimum atomic E-state index is -0.424. The molecule has 1 N–H and O–H groups in total. The molecule has 2 heterocycles. The van der Waals surface area contributed by atoms with Gasteiger partial charge in [0.15, 0.2) is 0 Å². The smallest absolute Gasteiger partial charge is 0.274 e. The molecule has 1 fully saturated rings. The second-order valence-electron chi connectivity index (χ2n) is 5.00. The summed E-state index contributed by atoms with van der Waals surface area (Å²) < 4.78 is 1.48. The van der Waals surface area contributed by atoms with Gasteiger partial charge in [-0.15, -0.1) is 0 Å². The van der Waals surface area contributed by atoms with Crippen LogP contribution in [0.3, 0.4) is 0 Å². The summed E-state index contributed by atoms with van der Waals surface area (Å²) in [7, 11) is 3.27. The van der Waals surface area contributed by atoms with Crippen molar-refractivity contribution in [2.75, 3.05) is 13.6 Å². The zero-order valence-electron chi connectivity index (χ0n) is 11.9. The Balaban J connectivity index is 2.32. The molecule has 0 bridgehead atoms. The van der Waals surface area contributed by atoms with E-state index in [1.807, 2.05) is 0 Å². The van der Waals surface area contributed by atoms with E-state index in [9.17, 15) is 9.59 Å². The molecule has 2 rings (SSSR count). The van der Waals surface area contributed by atoms with Crippen LogP contribution in [0.25, 0.3) is 0 Å². The van der Waals surface area contributed by atoms with E-state index < -0.39 is 6.04 Å². The van der Waals surface area contributed by atoms with Crippen molar-refractivity contribution in [1.82, 2.24) is 20.0 Å². The molecule has 0 unspecified atom stereocenters. The average Bonchev–Trinajstić information content (AvgIpc) is 2.70. The van der Waals surface area contributed by atoms with Crippen LogP contribution in [-0.2, 0) is 11.8 Å². The molecule has 1 saturated heterocycles. The molecule has 1 aromatic heterocycles. The van der Waals surface area contributed by atoms with E-state index >= 15 is 0 Å². The lowest BCUT2D eigenvalue weighted by Gasteiger charge is -2.34. The number of amides is 2. The number of likely N-dealkylation sites (N-methyl/N-ethyl adjacent to an activating group) is 1. The highest BCUT2D eigenvalue weighted by molar-refractivity contribution is 6.34. The molecule has 1 aromatic rings. The summed E-state index contributed by atoms with van der Waals surface area (Å²) >= 11 is 6.16. The summed E-state index contributed by atoms with van der Waals surface area (Å²) in [6, 6.07) is -0.424. The van der Waals surface area contributed by atoms with E-state index in [4.69, 9.17) is 11.6 Å². The number of piperidine rings is 1. The first-order valence-corrected chi connectivity index (χ1v) is 7.06. The summed E-state index contributed by atoms with van der Waals surface area (Å²) in [6.07, 6.45) is 2.52. The lowest BCUT2D eigenvalue weighted by atomic mass is 10.0. The van der Waals surface area contributed by atoms with Gasteiger partial charge in [0.1, 0.15) is 11.7 Å². The highest BCUT2D eigenvalue weighted by atomic mass is 35.5. The number of aromatic nitrogens is 2. The first-order valence-electron chi connectivity index (χ1n) is 6.69. The van der Waals surface area contributed by atoms with Gasteiger partial charge >= 0.3 is 0 Å². The van der Waals surface area contributed by atoms with Gasteiger partial charge in [-0.25, -0.2) is 0 Å². The monoisotopic (exact) mass is 298 g/mol. The van der Waals surface area contributed by atoms with Gasteiger partial charge in [0, 0.05) is 20.6 Å². The number of nitrogens with one attached hydrogen (secondary N) is 1. The number of likely N-dealkylation sites (tertiary alicyclic amines) is 1. The van der Waals surface area contributed by atoms with Crippen LogP contribution >= 0.6 is 11.6 Å². The third-order valence-electron chi connectivity index (χ3n) is 3.66. The number of rotatable bonds is 2. The molecule has 1 atom stereocenters. The van der Waals surface area contributed by atoms with Crippen LogP contribution < -0.4 is 5.32 Å². The van der Waals surface area contributed by atoms with Gasteiger partial charge < -0.3 is 10.2 Å². The van der Waals surface area contributed by atoms with Gasteiger partial charge in [0.05, 0.1) is 10.7 Å². The Morgan fingerprint density at radius 1 is 1.40 bits per heavy atom. The van der Waals surface area contributed by atoms with Gasteiger partial charge in [-0.2, -0.15) is 5.10 Å². The standard InChI is InChI=1S/C13H19ClN4O2/c1-8-10(14)11(17(3)16-8)13(20)18-7-5-4-6-9(18)12(19)15-2/h9H,4-7H2,1-3H3,(H,15,19)/t9-/m0/s1. The summed E-state index contributed by atoms with van der Waals surface area (Å²) in [5.74, 6) is -0.362. The molecule has 20 heavy (non-hydrogen) atoms. The van der Waals surface area contributed by atoms with Crippen LogP contribution in [-0.4, -0.2) is 46.1 Å². The first-order chi connectivity index (χ1) is 9.47. The van der Waals surface area contributed by atoms with E-state index in [0.29, 0.717) is 29.4 Å². The molecule has 0 spiro atoms. The maximum absolute atomic E-state index is 12.7. The highest BCUT2D eigenvalue weighted by Crippen LogP contribution is 2.25. The molecule has 1 aliphatic heterocycles. The first kappa shape index (κ1) is 14.8. The summed E-state index contributed by atoms with van der Waals surface area (Å²) in [5, 5.41) is 7.13. The van der Waals surface area contributed by atoms with Crippen LogP contribution in [0, 0.1) is 6.92 Å². The Morgan fingerprint density at radius 2 is 2.10 bits per heavy atom. The van der Waals surface area contributed by atoms with Gasteiger partial charge in [0.2, 0.25) is 5.91 Å². The van der Waals surface area contributed by atoms with E-state index in [1.165, 1.54) is 4.68 Å². The van der Waals surface area contributed by atoms with Gasteiger partial charge in [0.25, 0.3) is 5.91 Å². The summed E-state index contributed by atoms with van der Waals surface area (Å²) in [4.78, 5) is 26.2. The number of halogens is 1. The number of hydrogen-bond acceptors (Lipinski definition) is 3. The molecule has 0 aliphatic carbocycles. The fraction of sp³-hybridized carbons (Fsp3) is 0.615. The van der Waals surface area contributed by atoms with E-state index in [1.54, 1.807) is 25.9 Å². The third kappa shape index (κ3) is 2.52. The van der Waals surface area contributed by atoms with Gasteiger partial charge in [-0.05, 0) is 26.2 Å². The Hall–Kier alpha value is -1.56. The number of carbonyl (C=O) groups excluding carboxylic acids is 2. The summed E-state index contributed by atoms with van der Waals surface area (Å²) in [5.41, 5.74) is 0.964. The maximum atomic E-state index is 12.7. The fourth-order valence-corrected chi connectivity index (χ4v) is 2.86. The van der Waals surface area contributed by atoms with Crippen molar-refractivity contribution in [3.63, 3.8) is 0 Å². The largest absolute Gasteiger partial charge is 0.357 e. The normalized spacial score (nSPS) is 19.0. The Labute approximate surface area is 123 Å². The van der Waals surface area contributed by atoms with Gasteiger partial charge in [-0.3, -0.25) is 14.3 Å². The summed E-state index contributed by atoms with van der Waals surface area (Å²) in [6.45, 7) is 2.32. The quantitative estimate of drug-likeness (QED) is 0.890. The second-order valence-corrected chi connectivity index (χ2v) is 5.37.